The molecule has 0 rings (SSSR count). The van der Waals surface area contributed by atoms with Gasteiger partial charge in [0.15, 0.2) is 0 Å². The molecule has 5 N–H and O–H groups in total. The van der Waals surface area contributed by atoms with Gasteiger partial charge in [0.05, 0.1) is 12.1 Å². The molecule has 0 saturated carbocycles. The Morgan fingerprint density at radius 1 is 0.943 bits per heavy atom. The molecule has 9 nitrogen and oxygen atoms in total. The van der Waals surface area contributed by atoms with Gasteiger partial charge in [-0.2, -0.15) is 0 Å². The van der Waals surface area contributed by atoms with Crippen molar-refractivity contribution in [3.63, 3.8) is 0 Å². The predicted octanol–water partition coefficient (Wildman–Crippen LogP) is 1.48. The largest absolute Gasteiger partial charge is 0.396 e. The molecule has 0 aromatic rings. The van der Waals surface area contributed by atoms with Crippen molar-refractivity contribution in [3.05, 3.63) is 0 Å². The fourth-order valence-electron chi connectivity index (χ4n) is 3.71. The predicted molar refractivity (Wildman–Crippen MR) is 140 cm³/mol. The zero-order valence-electron chi connectivity index (χ0n) is 22.6. The Labute approximate surface area is 214 Å². The maximum atomic E-state index is 13.2. The highest BCUT2D eigenvalue weighted by atomic mass is 32.2. The smallest absolute Gasteiger partial charge is 0.243 e. The second kappa shape index (κ2) is 17.8. The Kier molecular flexibility index (Phi) is 17.1. The fourth-order valence-corrected chi connectivity index (χ4v) is 4.28. The van der Waals surface area contributed by atoms with Crippen LogP contribution in [0.2, 0.25) is 0 Å². The van der Waals surface area contributed by atoms with Crippen LogP contribution in [0.3, 0.4) is 0 Å². The molecular formula is C25H49N3O6S. The summed E-state index contributed by atoms with van der Waals surface area (Å²) in [4.78, 5) is 38.6. The van der Waals surface area contributed by atoms with Crippen LogP contribution in [-0.4, -0.2) is 75.0 Å². The van der Waals surface area contributed by atoms with Crippen molar-refractivity contribution in [1.82, 2.24) is 16.0 Å². The van der Waals surface area contributed by atoms with E-state index in [1.165, 1.54) is 6.26 Å². The van der Waals surface area contributed by atoms with Crippen LogP contribution in [0.4, 0.5) is 0 Å². The highest BCUT2D eigenvalue weighted by Crippen LogP contribution is 2.15. The molecule has 3 amide bonds. The number of hydrogen-bond acceptors (Lipinski definition) is 6. The summed E-state index contributed by atoms with van der Waals surface area (Å²) in [6.07, 6.45) is 4.19. The van der Waals surface area contributed by atoms with E-state index in [0.29, 0.717) is 12.8 Å². The van der Waals surface area contributed by atoms with Crippen LogP contribution in [0.15, 0.2) is 0 Å². The number of carbonyl (C=O) groups is 3. The van der Waals surface area contributed by atoms with Gasteiger partial charge in [0, 0.05) is 41.8 Å². The Hall–Kier alpha value is -1.52. The Balaban J connectivity index is 5.55. The second-order valence-corrected chi connectivity index (χ2v) is 11.8. The van der Waals surface area contributed by atoms with E-state index < -0.39 is 52.8 Å². The summed E-state index contributed by atoms with van der Waals surface area (Å²) in [5.74, 6) is -1.44. The van der Waals surface area contributed by atoms with Gasteiger partial charge in [-0.15, -0.1) is 0 Å². The monoisotopic (exact) mass is 519 g/mol. The van der Waals surface area contributed by atoms with E-state index in [2.05, 4.69) is 16.0 Å². The first kappa shape index (κ1) is 33.5. The van der Waals surface area contributed by atoms with Gasteiger partial charge in [0.1, 0.15) is 12.1 Å². The quantitative estimate of drug-likeness (QED) is 0.174. The third kappa shape index (κ3) is 14.0. The minimum atomic E-state index is -1.17. The van der Waals surface area contributed by atoms with E-state index >= 15 is 0 Å². The SMILES string of the molecule is CCCCCC(=O)NC(C(=O)NC(CCS(C)=O)C(=O)NC(CC(C)C)C(O)C(C)CO)C(C)C. The third-order valence-electron chi connectivity index (χ3n) is 5.94. The average molecular weight is 520 g/mol. The number of amides is 3. The molecule has 0 aromatic carbocycles. The number of aliphatic hydroxyl groups is 2. The van der Waals surface area contributed by atoms with Crippen molar-refractivity contribution in [3.8, 4) is 0 Å². The highest BCUT2D eigenvalue weighted by molar-refractivity contribution is 7.84. The summed E-state index contributed by atoms with van der Waals surface area (Å²) < 4.78 is 11.7. The summed E-state index contributed by atoms with van der Waals surface area (Å²) in [5.41, 5.74) is 0. The number of nitrogens with one attached hydrogen (secondary N) is 3. The molecule has 0 radical (unpaired) electrons. The van der Waals surface area contributed by atoms with E-state index in [1.54, 1.807) is 6.92 Å². The van der Waals surface area contributed by atoms with Crippen LogP contribution in [-0.2, 0) is 25.2 Å². The summed E-state index contributed by atoms with van der Waals surface area (Å²) in [7, 11) is -1.17. The van der Waals surface area contributed by atoms with Gasteiger partial charge in [0.2, 0.25) is 17.7 Å². The molecule has 10 heteroatoms. The minimum absolute atomic E-state index is 0.149. The standard InChI is InChI=1S/C25H49N3O6S/c1-8-9-10-11-21(30)28-22(17(4)5)25(33)26-19(12-13-35(7)34)24(32)27-20(14-16(2)3)23(31)18(6)15-29/h16-20,22-23,29,31H,8-15H2,1-7H3,(H,26,33)(H,27,32)(H,28,30). The van der Waals surface area contributed by atoms with E-state index in [9.17, 15) is 28.8 Å². The lowest BCUT2D eigenvalue weighted by molar-refractivity contribution is -0.133. The molecule has 0 aromatic heterocycles. The first-order valence-corrected chi connectivity index (χ1v) is 14.6. The maximum absolute atomic E-state index is 13.2. The lowest BCUT2D eigenvalue weighted by Crippen LogP contribution is -2.58. The van der Waals surface area contributed by atoms with Gasteiger partial charge in [0.25, 0.3) is 0 Å². The first-order chi connectivity index (χ1) is 16.3. The summed E-state index contributed by atoms with van der Waals surface area (Å²) in [6, 6.07) is -2.40. The molecule has 0 fully saturated rings. The van der Waals surface area contributed by atoms with E-state index in [0.717, 1.165) is 19.3 Å². The lowest BCUT2D eigenvalue weighted by atomic mass is 9.91. The number of hydrogen-bond donors (Lipinski definition) is 5. The van der Waals surface area contributed by atoms with E-state index in [1.807, 2.05) is 34.6 Å². The van der Waals surface area contributed by atoms with Crippen molar-refractivity contribution >= 4 is 28.5 Å². The van der Waals surface area contributed by atoms with E-state index in [4.69, 9.17) is 0 Å². The summed E-state index contributed by atoms with van der Waals surface area (Å²) in [5, 5.41) is 28.5. The molecule has 0 heterocycles. The van der Waals surface area contributed by atoms with Crippen LogP contribution in [0.5, 0.6) is 0 Å². The number of unbranched alkanes of at least 4 members (excludes halogenated alkanes) is 2. The molecule has 0 aliphatic heterocycles. The minimum Gasteiger partial charge on any atom is -0.396 e. The molecule has 0 bridgehead atoms. The zero-order chi connectivity index (χ0) is 27.1. The number of carbonyl (C=O) groups excluding carboxylic acids is 3. The Morgan fingerprint density at radius 3 is 2.06 bits per heavy atom. The van der Waals surface area contributed by atoms with Gasteiger partial charge in [-0.25, -0.2) is 0 Å². The molecule has 0 aliphatic carbocycles. The van der Waals surface area contributed by atoms with Crippen LogP contribution in [0.1, 0.15) is 80.1 Å². The Bertz CT molecular complexity index is 674. The van der Waals surface area contributed by atoms with Crippen molar-refractivity contribution < 1.29 is 28.8 Å². The van der Waals surface area contributed by atoms with Gasteiger partial charge in [-0.05, 0) is 31.1 Å². The fraction of sp³-hybridized carbons (Fsp3) is 0.880. The molecule has 0 aliphatic rings. The van der Waals surface area contributed by atoms with Gasteiger partial charge in [-0.1, -0.05) is 54.4 Å². The molecule has 206 valence electrons. The van der Waals surface area contributed by atoms with Crippen molar-refractivity contribution in [1.29, 1.82) is 0 Å². The lowest BCUT2D eigenvalue weighted by Gasteiger charge is -2.31. The second-order valence-electron chi connectivity index (χ2n) is 10.3. The average Bonchev–Trinajstić information content (AvgIpc) is 2.77. The van der Waals surface area contributed by atoms with Crippen LogP contribution in [0, 0.1) is 17.8 Å². The number of rotatable bonds is 18. The summed E-state index contributed by atoms with van der Waals surface area (Å²) >= 11 is 0. The molecule has 6 atom stereocenters. The molecule has 0 spiro atoms. The third-order valence-corrected chi connectivity index (χ3v) is 6.75. The topological polar surface area (TPSA) is 145 Å². The maximum Gasteiger partial charge on any atom is 0.243 e. The molecule has 35 heavy (non-hydrogen) atoms. The van der Waals surface area contributed by atoms with Gasteiger partial charge < -0.3 is 26.2 Å². The van der Waals surface area contributed by atoms with Crippen LogP contribution in [0.25, 0.3) is 0 Å². The summed E-state index contributed by atoms with van der Waals surface area (Å²) in [6.45, 7) is 11.1. The van der Waals surface area contributed by atoms with E-state index in [-0.39, 0.29) is 36.5 Å². The van der Waals surface area contributed by atoms with Crippen molar-refractivity contribution in [2.45, 2.75) is 104 Å². The Morgan fingerprint density at radius 2 is 1.57 bits per heavy atom. The van der Waals surface area contributed by atoms with Crippen LogP contribution < -0.4 is 16.0 Å². The normalized spacial score (nSPS) is 16.8. The first-order valence-electron chi connectivity index (χ1n) is 12.8. The highest BCUT2D eigenvalue weighted by Gasteiger charge is 2.32. The zero-order valence-corrected chi connectivity index (χ0v) is 23.5. The van der Waals surface area contributed by atoms with Crippen LogP contribution >= 0.6 is 0 Å². The van der Waals surface area contributed by atoms with Gasteiger partial charge >= 0.3 is 0 Å². The van der Waals surface area contributed by atoms with Crippen molar-refractivity contribution in [2.24, 2.45) is 17.8 Å². The van der Waals surface area contributed by atoms with Crippen molar-refractivity contribution in [2.75, 3.05) is 18.6 Å². The van der Waals surface area contributed by atoms with Gasteiger partial charge in [-0.3, -0.25) is 18.6 Å². The molecule has 6 unspecified atom stereocenters. The molecule has 0 saturated heterocycles. The molecular weight excluding hydrogens is 470 g/mol. The number of aliphatic hydroxyl groups excluding tert-OH is 2.